The van der Waals surface area contributed by atoms with Gasteiger partial charge in [0.1, 0.15) is 0 Å². The van der Waals surface area contributed by atoms with E-state index in [-0.39, 0.29) is 4.90 Å². The Kier molecular flexibility index (Phi) is 4.65. The zero-order chi connectivity index (χ0) is 15.5. The molecule has 0 fully saturated rings. The number of anilines is 1. The van der Waals surface area contributed by atoms with Gasteiger partial charge in [-0.05, 0) is 56.3 Å². The molecule has 5 heteroatoms. The third-order valence-electron chi connectivity index (χ3n) is 3.41. The summed E-state index contributed by atoms with van der Waals surface area (Å²) in [6.07, 6.45) is 0. The second kappa shape index (κ2) is 6.28. The second-order valence-corrected chi connectivity index (χ2v) is 6.90. The molecule has 0 saturated heterocycles. The number of rotatable bonds is 5. The van der Waals surface area contributed by atoms with Gasteiger partial charge in [0.05, 0.1) is 4.90 Å². The van der Waals surface area contributed by atoms with Crippen molar-refractivity contribution in [3.63, 3.8) is 0 Å². The third kappa shape index (κ3) is 3.83. The quantitative estimate of drug-likeness (QED) is 0.893. The molecule has 0 atom stereocenters. The molecule has 0 aromatic heterocycles. The summed E-state index contributed by atoms with van der Waals surface area (Å²) in [4.78, 5) is 0.266. The van der Waals surface area contributed by atoms with Crippen molar-refractivity contribution in [1.29, 1.82) is 0 Å². The largest absolute Gasteiger partial charge is 0.381 e. The molecule has 0 aliphatic rings. The van der Waals surface area contributed by atoms with E-state index < -0.39 is 10.0 Å². The maximum Gasteiger partial charge on any atom is 0.240 e. The lowest BCUT2D eigenvalue weighted by Crippen LogP contribution is -2.18. The van der Waals surface area contributed by atoms with Gasteiger partial charge in [0, 0.05) is 12.2 Å². The zero-order valence-corrected chi connectivity index (χ0v) is 13.3. The molecule has 0 heterocycles. The Morgan fingerprint density at radius 1 is 1.00 bits per heavy atom. The summed E-state index contributed by atoms with van der Waals surface area (Å²) in [7, 11) is -1.97. The van der Waals surface area contributed by atoms with Crippen molar-refractivity contribution in [3.8, 4) is 0 Å². The highest BCUT2D eigenvalue weighted by atomic mass is 32.2. The van der Waals surface area contributed by atoms with Crippen LogP contribution in [0.4, 0.5) is 5.69 Å². The summed E-state index contributed by atoms with van der Waals surface area (Å²) in [5, 5.41) is 3.30. The van der Waals surface area contributed by atoms with Crippen LogP contribution in [0, 0.1) is 13.8 Å². The Hall–Kier alpha value is -1.85. The monoisotopic (exact) mass is 304 g/mol. The van der Waals surface area contributed by atoms with E-state index in [9.17, 15) is 8.42 Å². The van der Waals surface area contributed by atoms with Crippen LogP contribution in [0.5, 0.6) is 0 Å². The Labute approximate surface area is 126 Å². The minimum Gasteiger partial charge on any atom is -0.381 e. The second-order valence-electron chi connectivity index (χ2n) is 5.02. The summed E-state index contributed by atoms with van der Waals surface area (Å²) in [5.74, 6) is 0. The van der Waals surface area contributed by atoms with Gasteiger partial charge in [-0.1, -0.05) is 23.8 Å². The Balaban J connectivity index is 2.07. The summed E-state index contributed by atoms with van der Waals surface area (Å²) in [6, 6.07) is 13.1. The number of hydrogen-bond donors (Lipinski definition) is 2. The Morgan fingerprint density at radius 2 is 1.67 bits per heavy atom. The first-order valence-electron chi connectivity index (χ1n) is 6.76. The van der Waals surface area contributed by atoms with E-state index in [1.165, 1.54) is 23.7 Å². The highest BCUT2D eigenvalue weighted by Gasteiger charge is 2.10. The molecule has 0 aliphatic carbocycles. The Morgan fingerprint density at radius 3 is 2.24 bits per heavy atom. The molecule has 2 rings (SSSR count). The van der Waals surface area contributed by atoms with E-state index in [4.69, 9.17) is 0 Å². The topological polar surface area (TPSA) is 58.2 Å². The normalized spacial score (nSPS) is 11.4. The van der Waals surface area contributed by atoms with Crippen molar-refractivity contribution < 1.29 is 8.42 Å². The average molecular weight is 304 g/mol. The van der Waals surface area contributed by atoms with Gasteiger partial charge in [-0.15, -0.1) is 0 Å². The van der Waals surface area contributed by atoms with Crippen molar-refractivity contribution in [2.24, 2.45) is 0 Å². The van der Waals surface area contributed by atoms with Crippen LogP contribution in [0.25, 0.3) is 0 Å². The number of benzene rings is 2. The smallest absolute Gasteiger partial charge is 0.240 e. The van der Waals surface area contributed by atoms with Crippen LogP contribution >= 0.6 is 0 Å². The van der Waals surface area contributed by atoms with Gasteiger partial charge < -0.3 is 5.32 Å². The van der Waals surface area contributed by atoms with Crippen LogP contribution in [-0.4, -0.2) is 15.5 Å². The zero-order valence-electron chi connectivity index (χ0n) is 12.5. The molecule has 0 aliphatic heterocycles. The van der Waals surface area contributed by atoms with Gasteiger partial charge in [0.25, 0.3) is 0 Å². The maximum atomic E-state index is 11.6. The average Bonchev–Trinajstić information content (AvgIpc) is 2.47. The predicted molar refractivity (Wildman–Crippen MR) is 85.9 cm³/mol. The van der Waals surface area contributed by atoms with Crippen LogP contribution < -0.4 is 10.0 Å². The maximum absolute atomic E-state index is 11.6. The first-order chi connectivity index (χ1) is 9.92. The standard InChI is InChI=1S/C16H20N2O2S/c1-12-4-5-14(13(2)10-12)11-18-15-6-8-16(9-7-15)21(19,20)17-3/h4-10,17-18H,11H2,1-3H3. The fraction of sp³-hybridized carbons (Fsp3) is 0.250. The summed E-state index contributed by atoms with van der Waals surface area (Å²) < 4.78 is 25.6. The van der Waals surface area contributed by atoms with Crippen molar-refractivity contribution >= 4 is 15.7 Å². The number of aryl methyl sites for hydroxylation is 2. The minimum atomic E-state index is -3.37. The van der Waals surface area contributed by atoms with E-state index in [0.29, 0.717) is 6.54 Å². The molecule has 0 bridgehead atoms. The molecule has 2 aromatic carbocycles. The summed E-state index contributed by atoms with van der Waals surface area (Å²) in [6.45, 7) is 4.88. The van der Waals surface area contributed by atoms with Crippen LogP contribution in [0.1, 0.15) is 16.7 Å². The first kappa shape index (κ1) is 15.5. The molecule has 112 valence electrons. The molecule has 0 spiro atoms. The number of sulfonamides is 1. The minimum absolute atomic E-state index is 0.266. The van der Waals surface area contributed by atoms with Crippen LogP contribution in [0.2, 0.25) is 0 Å². The molecule has 21 heavy (non-hydrogen) atoms. The van der Waals surface area contributed by atoms with E-state index in [0.717, 1.165) is 5.69 Å². The molecular formula is C16H20N2O2S. The SMILES string of the molecule is CNS(=O)(=O)c1ccc(NCc2ccc(C)cc2C)cc1. The van der Waals surface area contributed by atoms with Crippen molar-refractivity contribution in [2.75, 3.05) is 12.4 Å². The number of hydrogen-bond acceptors (Lipinski definition) is 3. The van der Waals surface area contributed by atoms with Gasteiger partial charge in [-0.25, -0.2) is 13.1 Å². The number of nitrogens with one attached hydrogen (secondary N) is 2. The fourth-order valence-corrected chi connectivity index (χ4v) is 2.84. The first-order valence-corrected chi connectivity index (χ1v) is 8.24. The van der Waals surface area contributed by atoms with Crippen molar-refractivity contribution in [3.05, 3.63) is 59.2 Å². The lowest BCUT2D eigenvalue weighted by atomic mass is 10.1. The third-order valence-corrected chi connectivity index (χ3v) is 4.84. The van der Waals surface area contributed by atoms with E-state index >= 15 is 0 Å². The van der Waals surface area contributed by atoms with Crippen LogP contribution in [0.3, 0.4) is 0 Å². The van der Waals surface area contributed by atoms with Gasteiger partial charge in [-0.3, -0.25) is 0 Å². The molecule has 0 radical (unpaired) electrons. The molecule has 0 saturated carbocycles. The van der Waals surface area contributed by atoms with Gasteiger partial charge in [-0.2, -0.15) is 0 Å². The van der Waals surface area contributed by atoms with Crippen molar-refractivity contribution in [1.82, 2.24) is 4.72 Å². The molecule has 2 N–H and O–H groups in total. The van der Waals surface area contributed by atoms with Crippen LogP contribution in [0.15, 0.2) is 47.4 Å². The lowest BCUT2D eigenvalue weighted by Gasteiger charge is -2.10. The van der Waals surface area contributed by atoms with Crippen LogP contribution in [-0.2, 0) is 16.6 Å². The van der Waals surface area contributed by atoms with Gasteiger partial charge in [0.2, 0.25) is 10.0 Å². The predicted octanol–water partition coefficient (Wildman–Crippen LogP) is 2.82. The summed E-state index contributed by atoms with van der Waals surface area (Å²) >= 11 is 0. The fourth-order valence-electron chi connectivity index (χ4n) is 2.11. The summed E-state index contributed by atoms with van der Waals surface area (Å²) in [5.41, 5.74) is 4.62. The lowest BCUT2D eigenvalue weighted by molar-refractivity contribution is 0.588. The molecular weight excluding hydrogens is 284 g/mol. The van der Waals surface area contributed by atoms with Crippen molar-refractivity contribution in [2.45, 2.75) is 25.3 Å². The molecule has 0 amide bonds. The van der Waals surface area contributed by atoms with Gasteiger partial charge in [0.15, 0.2) is 0 Å². The molecule has 0 unspecified atom stereocenters. The van der Waals surface area contributed by atoms with E-state index in [2.05, 4.69) is 42.1 Å². The molecule has 4 nitrogen and oxygen atoms in total. The van der Waals surface area contributed by atoms with Gasteiger partial charge >= 0.3 is 0 Å². The van der Waals surface area contributed by atoms with E-state index in [1.807, 2.05) is 0 Å². The highest BCUT2D eigenvalue weighted by Crippen LogP contribution is 2.16. The Bertz CT molecular complexity index is 722. The highest BCUT2D eigenvalue weighted by molar-refractivity contribution is 7.89. The molecule has 2 aromatic rings. The van der Waals surface area contributed by atoms with E-state index in [1.54, 1.807) is 24.3 Å².